The Labute approximate surface area is 119 Å². The van der Waals surface area contributed by atoms with E-state index >= 15 is 0 Å². The molecule has 6 heteroatoms. The lowest BCUT2D eigenvalue weighted by Crippen LogP contribution is -2.23. The van der Waals surface area contributed by atoms with Gasteiger partial charge in [-0.25, -0.2) is 4.39 Å². The van der Waals surface area contributed by atoms with Gasteiger partial charge in [-0.15, -0.1) is 0 Å². The molecule has 1 aromatic heterocycles. The third-order valence-corrected chi connectivity index (χ3v) is 3.04. The van der Waals surface area contributed by atoms with E-state index < -0.39 is 5.82 Å². The maximum absolute atomic E-state index is 13.0. The van der Waals surface area contributed by atoms with Crippen LogP contribution in [0.15, 0.2) is 36.7 Å². The molecule has 0 aliphatic rings. The topological polar surface area (TPSA) is 42.0 Å². The van der Waals surface area contributed by atoms with E-state index in [0.717, 1.165) is 0 Å². The van der Waals surface area contributed by atoms with Gasteiger partial charge in [-0.3, -0.25) is 9.78 Å². The quantitative estimate of drug-likeness (QED) is 0.943. The van der Waals surface area contributed by atoms with Crippen LogP contribution < -0.4 is 5.32 Å². The number of nitrogens with one attached hydrogen (secondary N) is 1. The summed E-state index contributed by atoms with van der Waals surface area (Å²) in [6.07, 6.45) is 2.88. The van der Waals surface area contributed by atoms with Crippen molar-refractivity contribution >= 4 is 29.1 Å². The van der Waals surface area contributed by atoms with E-state index in [-0.39, 0.29) is 22.5 Å². The Balaban J connectivity index is 2.04. The van der Waals surface area contributed by atoms with E-state index in [0.29, 0.717) is 11.1 Å². The van der Waals surface area contributed by atoms with E-state index in [1.54, 1.807) is 6.07 Å². The van der Waals surface area contributed by atoms with Crippen LogP contribution in [0.4, 0.5) is 4.39 Å². The monoisotopic (exact) mass is 298 g/mol. The highest BCUT2D eigenvalue weighted by atomic mass is 35.5. The van der Waals surface area contributed by atoms with Crippen LogP contribution in [-0.4, -0.2) is 10.9 Å². The van der Waals surface area contributed by atoms with E-state index in [9.17, 15) is 9.18 Å². The summed E-state index contributed by atoms with van der Waals surface area (Å²) in [6, 6.07) is 5.79. The van der Waals surface area contributed by atoms with E-state index in [2.05, 4.69) is 10.3 Å². The molecule has 98 valence electrons. The second-order valence-electron chi connectivity index (χ2n) is 3.79. The number of pyridine rings is 1. The first kappa shape index (κ1) is 13.8. The summed E-state index contributed by atoms with van der Waals surface area (Å²) in [6.45, 7) is 0.234. The number of carbonyl (C=O) groups excluding carboxylic acids is 1. The van der Waals surface area contributed by atoms with Crippen molar-refractivity contribution in [2.45, 2.75) is 6.54 Å². The van der Waals surface area contributed by atoms with E-state index in [1.165, 1.54) is 30.6 Å². The van der Waals surface area contributed by atoms with Crippen molar-refractivity contribution in [2.24, 2.45) is 0 Å². The number of nitrogens with zero attached hydrogens (tertiary/aromatic N) is 1. The molecule has 1 N–H and O–H groups in total. The van der Waals surface area contributed by atoms with Gasteiger partial charge in [-0.1, -0.05) is 29.3 Å². The zero-order chi connectivity index (χ0) is 13.8. The summed E-state index contributed by atoms with van der Waals surface area (Å²) in [5.74, 6) is -0.818. The second kappa shape index (κ2) is 5.99. The molecule has 0 aliphatic heterocycles. The van der Waals surface area contributed by atoms with Crippen LogP contribution in [0, 0.1) is 5.82 Å². The first-order valence-corrected chi connectivity index (χ1v) is 6.15. The smallest absolute Gasteiger partial charge is 0.253 e. The minimum atomic E-state index is -0.492. The molecule has 1 aromatic carbocycles. The summed E-state index contributed by atoms with van der Waals surface area (Å²) in [4.78, 5) is 15.7. The number of carbonyl (C=O) groups is 1. The zero-order valence-electron chi connectivity index (χ0n) is 9.66. The Hall–Kier alpha value is -1.65. The van der Waals surface area contributed by atoms with Crippen molar-refractivity contribution in [3.63, 3.8) is 0 Å². The third-order valence-electron chi connectivity index (χ3n) is 2.45. The predicted molar refractivity (Wildman–Crippen MR) is 71.8 cm³/mol. The summed E-state index contributed by atoms with van der Waals surface area (Å²) in [5, 5.41) is 2.97. The summed E-state index contributed by atoms with van der Waals surface area (Å²) < 4.78 is 13.0. The van der Waals surface area contributed by atoms with Crippen LogP contribution in [0.3, 0.4) is 0 Å². The first-order valence-electron chi connectivity index (χ1n) is 5.39. The van der Waals surface area contributed by atoms with Crippen LogP contribution >= 0.6 is 23.2 Å². The highest BCUT2D eigenvalue weighted by molar-refractivity contribution is 6.33. The van der Waals surface area contributed by atoms with E-state index in [1.807, 2.05) is 0 Å². The molecular weight excluding hydrogens is 290 g/mol. The molecule has 0 saturated carbocycles. The number of benzene rings is 1. The number of amides is 1. The van der Waals surface area contributed by atoms with Crippen molar-refractivity contribution in [1.82, 2.24) is 10.3 Å². The molecule has 0 saturated heterocycles. The van der Waals surface area contributed by atoms with Crippen molar-refractivity contribution in [2.75, 3.05) is 0 Å². The van der Waals surface area contributed by atoms with Gasteiger partial charge in [0.25, 0.3) is 5.91 Å². The minimum absolute atomic E-state index is 0.0219. The fourth-order valence-corrected chi connectivity index (χ4v) is 1.89. The number of hydrogen-bond acceptors (Lipinski definition) is 2. The molecule has 0 radical (unpaired) electrons. The highest BCUT2D eigenvalue weighted by Crippen LogP contribution is 2.16. The van der Waals surface area contributed by atoms with Crippen molar-refractivity contribution in [3.05, 3.63) is 63.6 Å². The maximum atomic E-state index is 13.0. The maximum Gasteiger partial charge on any atom is 0.253 e. The van der Waals surface area contributed by atoms with Crippen LogP contribution in [0.25, 0.3) is 0 Å². The molecule has 19 heavy (non-hydrogen) atoms. The van der Waals surface area contributed by atoms with Gasteiger partial charge in [0.05, 0.1) is 15.6 Å². The molecular formula is C13H9Cl2FN2O. The average molecular weight is 299 g/mol. The Bertz CT molecular complexity index is 619. The lowest BCUT2D eigenvalue weighted by molar-refractivity contribution is 0.0951. The van der Waals surface area contributed by atoms with E-state index in [4.69, 9.17) is 23.2 Å². The van der Waals surface area contributed by atoms with Crippen molar-refractivity contribution < 1.29 is 9.18 Å². The first-order chi connectivity index (χ1) is 9.08. The molecule has 0 atom stereocenters. The Morgan fingerprint density at radius 2 is 2.05 bits per heavy atom. The van der Waals surface area contributed by atoms with Crippen LogP contribution in [0.2, 0.25) is 10.0 Å². The fraction of sp³-hybridized carbons (Fsp3) is 0.0769. The molecule has 2 aromatic rings. The Morgan fingerprint density at radius 3 is 2.74 bits per heavy atom. The Kier molecular flexibility index (Phi) is 4.35. The molecule has 0 bridgehead atoms. The van der Waals surface area contributed by atoms with Gasteiger partial charge in [-0.2, -0.15) is 0 Å². The molecule has 3 nitrogen and oxygen atoms in total. The molecule has 0 aliphatic carbocycles. The van der Waals surface area contributed by atoms with Gasteiger partial charge < -0.3 is 5.32 Å². The lowest BCUT2D eigenvalue weighted by atomic mass is 10.2. The SMILES string of the molecule is O=C(NCc1ccc(F)c(Cl)c1)c1ccncc1Cl. The minimum Gasteiger partial charge on any atom is -0.348 e. The van der Waals surface area contributed by atoms with Gasteiger partial charge in [0.2, 0.25) is 0 Å². The van der Waals surface area contributed by atoms with Gasteiger partial charge in [0.15, 0.2) is 0 Å². The summed E-state index contributed by atoms with van der Waals surface area (Å²) in [5.41, 5.74) is 1.04. The lowest BCUT2D eigenvalue weighted by Gasteiger charge is -2.07. The summed E-state index contributed by atoms with van der Waals surface area (Å²) in [7, 11) is 0. The normalized spacial score (nSPS) is 10.3. The van der Waals surface area contributed by atoms with Gasteiger partial charge in [0, 0.05) is 18.9 Å². The molecule has 1 amide bonds. The number of aromatic nitrogens is 1. The van der Waals surface area contributed by atoms with Gasteiger partial charge in [0.1, 0.15) is 5.82 Å². The largest absolute Gasteiger partial charge is 0.348 e. The average Bonchev–Trinajstić information content (AvgIpc) is 2.40. The van der Waals surface area contributed by atoms with Gasteiger partial charge >= 0.3 is 0 Å². The van der Waals surface area contributed by atoms with Crippen LogP contribution in [0.5, 0.6) is 0 Å². The third kappa shape index (κ3) is 3.43. The fourth-order valence-electron chi connectivity index (χ4n) is 1.49. The number of halogens is 3. The molecule has 0 fully saturated rings. The molecule has 2 rings (SSSR count). The molecule has 0 unspecified atom stereocenters. The molecule has 1 heterocycles. The zero-order valence-corrected chi connectivity index (χ0v) is 11.2. The predicted octanol–water partition coefficient (Wildman–Crippen LogP) is 3.46. The Morgan fingerprint density at radius 1 is 1.26 bits per heavy atom. The number of rotatable bonds is 3. The van der Waals surface area contributed by atoms with Crippen molar-refractivity contribution in [1.29, 1.82) is 0 Å². The summed E-state index contributed by atoms with van der Waals surface area (Å²) >= 11 is 11.5. The van der Waals surface area contributed by atoms with Crippen LogP contribution in [-0.2, 0) is 6.54 Å². The number of hydrogen-bond donors (Lipinski definition) is 1. The second-order valence-corrected chi connectivity index (χ2v) is 4.60. The van der Waals surface area contributed by atoms with Gasteiger partial charge in [-0.05, 0) is 23.8 Å². The molecule has 0 spiro atoms. The standard InChI is InChI=1S/C13H9Cl2FN2O/c14-10-5-8(1-2-12(10)16)6-18-13(19)9-3-4-17-7-11(9)15/h1-5,7H,6H2,(H,18,19). The van der Waals surface area contributed by atoms with Crippen molar-refractivity contribution in [3.8, 4) is 0 Å². The van der Waals surface area contributed by atoms with Crippen LogP contribution in [0.1, 0.15) is 15.9 Å². The highest BCUT2D eigenvalue weighted by Gasteiger charge is 2.09.